The summed E-state index contributed by atoms with van der Waals surface area (Å²) >= 11 is 6.12. The molecule has 0 spiro atoms. The van der Waals surface area contributed by atoms with Gasteiger partial charge in [0.25, 0.3) is 0 Å². The maximum atomic E-state index is 9.86. The summed E-state index contributed by atoms with van der Waals surface area (Å²) < 4.78 is 5.77. The van der Waals surface area contributed by atoms with E-state index in [1.165, 1.54) is 0 Å². The van der Waals surface area contributed by atoms with E-state index in [1.54, 1.807) is 25.1 Å². The van der Waals surface area contributed by atoms with Crippen LogP contribution >= 0.6 is 11.6 Å². The van der Waals surface area contributed by atoms with Crippen molar-refractivity contribution in [3.63, 3.8) is 0 Å². The third-order valence-electron chi connectivity index (χ3n) is 3.38. The van der Waals surface area contributed by atoms with Gasteiger partial charge >= 0.3 is 0 Å². The van der Waals surface area contributed by atoms with Crippen LogP contribution in [0.1, 0.15) is 44.3 Å². The van der Waals surface area contributed by atoms with E-state index in [4.69, 9.17) is 16.3 Å². The van der Waals surface area contributed by atoms with Gasteiger partial charge in [0.15, 0.2) is 0 Å². The van der Waals surface area contributed by atoms with Gasteiger partial charge in [-0.1, -0.05) is 24.1 Å². The smallest absolute Gasteiger partial charge is 0.138 e. The molecule has 1 aliphatic carbocycles. The van der Waals surface area contributed by atoms with E-state index in [1.807, 2.05) is 0 Å². The number of aliphatic hydroxyl groups excluding tert-OH is 2. The zero-order valence-corrected chi connectivity index (χ0v) is 11.2. The molecule has 1 aromatic carbocycles. The molecular weight excluding hydrogens is 252 g/mol. The number of benzene rings is 1. The lowest BCUT2D eigenvalue weighted by atomic mass is 9.95. The molecule has 0 amide bonds. The van der Waals surface area contributed by atoms with E-state index in [0.717, 1.165) is 31.2 Å². The lowest BCUT2D eigenvalue weighted by molar-refractivity contribution is 0.00690. The molecule has 0 heterocycles. The third-order valence-corrected chi connectivity index (χ3v) is 3.68. The maximum absolute atomic E-state index is 9.86. The third kappa shape index (κ3) is 3.16. The summed E-state index contributed by atoms with van der Waals surface area (Å²) in [6, 6.07) is 5.25. The Balaban J connectivity index is 2.09. The molecule has 0 aromatic heterocycles. The normalized spacial score (nSPS) is 25.8. The minimum Gasteiger partial charge on any atom is -0.486 e. The molecule has 4 heteroatoms. The minimum atomic E-state index is -0.545. The van der Waals surface area contributed by atoms with Crippen LogP contribution < -0.4 is 4.74 Å². The first-order chi connectivity index (χ1) is 8.58. The van der Waals surface area contributed by atoms with Crippen LogP contribution in [0.5, 0.6) is 5.75 Å². The molecule has 2 N–H and O–H groups in total. The van der Waals surface area contributed by atoms with Crippen LogP contribution in [0.3, 0.4) is 0 Å². The molecule has 2 unspecified atom stereocenters. The summed E-state index contributed by atoms with van der Waals surface area (Å²) in [5.41, 5.74) is 0.761. The fourth-order valence-corrected chi connectivity index (χ4v) is 2.48. The van der Waals surface area contributed by atoms with Crippen molar-refractivity contribution in [1.82, 2.24) is 0 Å². The van der Waals surface area contributed by atoms with E-state index in [0.29, 0.717) is 10.8 Å². The first-order valence-electron chi connectivity index (χ1n) is 6.40. The highest BCUT2D eigenvalue weighted by molar-refractivity contribution is 6.32. The van der Waals surface area contributed by atoms with Crippen molar-refractivity contribution < 1.29 is 14.9 Å². The van der Waals surface area contributed by atoms with Crippen LogP contribution in [0.4, 0.5) is 0 Å². The van der Waals surface area contributed by atoms with Crippen molar-refractivity contribution >= 4 is 11.6 Å². The lowest BCUT2D eigenvalue weighted by Gasteiger charge is -2.28. The number of hydrogen-bond donors (Lipinski definition) is 2. The summed E-state index contributed by atoms with van der Waals surface area (Å²) in [5, 5.41) is 19.8. The van der Waals surface area contributed by atoms with Crippen molar-refractivity contribution in [2.75, 3.05) is 0 Å². The topological polar surface area (TPSA) is 49.7 Å². The van der Waals surface area contributed by atoms with Gasteiger partial charge < -0.3 is 14.9 Å². The standard InChI is InChI=1S/C14H19ClO3/c1-9(16)10-6-7-13(11(15)8-10)18-14-5-3-2-4-12(14)17/h6-9,12,14,16-17H,2-5H2,1H3/t9-,12?,14?/m1/s1. The average molecular weight is 271 g/mol. The van der Waals surface area contributed by atoms with Gasteiger partial charge in [-0.25, -0.2) is 0 Å². The van der Waals surface area contributed by atoms with E-state index < -0.39 is 12.2 Å². The first-order valence-corrected chi connectivity index (χ1v) is 6.78. The first kappa shape index (κ1) is 13.7. The molecule has 0 bridgehead atoms. The Kier molecular flexibility index (Phi) is 4.49. The van der Waals surface area contributed by atoms with Crippen molar-refractivity contribution in [1.29, 1.82) is 0 Å². The summed E-state index contributed by atoms with van der Waals surface area (Å²) in [4.78, 5) is 0. The average Bonchev–Trinajstić information content (AvgIpc) is 2.34. The summed E-state index contributed by atoms with van der Waals surface area (Å²) in [6.45, 7) is 1.69. The number of aliphatic hydroxyl groups is 2. The zero-order valence-electron chi connectivity index (χ0n) is 10.5. The SMILES string of the molecule is C[C@@H](O)c1ccc(OC2CCCCC2O)c(Cl)c1. The highest BCUT2D eigenvalue weighted by Gasteiger charge is 2.25. The number of rotatable bonds is 3. The molecule has 18 heavy (non-hydrogen) atoms. The molecule has 0 aliphatic heterocycles. The van der Waals surface area contributed by atoms with Crippen LogP contribution in [-0.4, -0.2) is 22.4 Å². The second-order valence-corrected chi connectivity index (χ2v) is 5.28. The largest absolute Gasteiger partial charge is 0.486 e. The van der Waals surface area contributed by atoms with E-state index in [-0.39, 0.29) is 6.10 Å². The Hall–Kier alpha value is -0.770. The second-order valence-electron chi connectivity index (χ2n) is 4.87. The summed E-state index contributed by atoms with van der Waals surface area (Å²) in [6.07, 6.45) is 2.64. The molecule has 0 saturated heterocycles. The van der Waals surface area contributed by atoms with Gasteiger partial charge in [0.2, 0.25) is 0 Å². The highest BCUT2D eigenvalue weighted by Crippen LogP contribution is 2.31. The van der Waals surface area contributed by atoms with Crippen LogP contribution in [0.25, 0.3) is 0 Å². The molecule has 1 aliphatic rings. The van der Waals surface area contributed by atoms with Crippen molar-refractivity contribution in [2.45, 2.75) is 50.9 Å². The number of halogens is 1. The molecule has 100 valence electrons. The molecule has 1 fully saturated rings. The van der Waals surface area contributed by atoms with E-state index in [2.05, 4.69) is 0 Å². The van der Waals surface area contributed by atoms with Crippen molar-refractivity contribution in [3.8, 4) is 5.75 Å². The van der Waals surface area contributed by atoms with Gasteiger partial charge in [0.1, 0.15) is 11.9 Å². The van der Waals surface area contributed by atoms with Gasteiger partial charge in [-0.2, -0.15) is 0 Å². The van der Waals surface area contributed by atoms with Crippen LogP contribution in [0, 0.1) is 0 Å². The number of hydrogen-bond acceptors (Lipinski definition) is 3. The summed E-state index contributed by atoms with van der Waals surface area (Å²) in [5.74, 6) is 0.576. The fourth-order valence-electron chi connectivity index (χ4n) is 2.25. The van der Waals surface area contributed by atoms with Crippen molar-refractivity contribution in [3.05, 3.63) is 28.8 Å². The van der Waals surface area contributed by atoms with Crippen LogP contribution in [-0.2, 0) is 0 Å². The Morgan fingerprint density at radius 2 is 2.06 bits per heavy atom. The highest BCUT2D eigenvalue weighted by atomic mass is 35.5. The van der Waals surface area contributed by atoms with E-state index >= 15 is 0 Å². The molecule has 1 saturated carbocycles. The van der Waals surface area contributed by atoms with Gasteiger partial charge in [-0.3, -0.25) is 0 Å². The molecule has 3 atom stereocenters. The van der Waals surface area contributed by atoms with Gasteiger partial charge in [0.05, 0.1) is 17.2 Å². The molecule has 0 radical (unpaired) electrons. The second kappa shape index (κ2) is 5.91. The molecule has 1 aromatic rings. The molecule has 3 nitrogen and oxygen atoms in total. The van der Waals surface area contributed by atoms with Crippen LogP contribution in [0.2, 0.25) is 5.02 Å². The Morgan fingerprint density at radius 3 is 2.67 bits per heavy atom. The Bertz CT molecular complexity index is 406. The zero-order chi connectivity index (χ0) is 13.1. The summed E-state index contributed by atoms with van der Waals surface area (Å²) in [7, 11) is 0. The fraction of sp³-hybridized carbons (Fsp3) is 0.571. The van der Waals surface area contributed by atoms with Gasteiger partial charge in [-0.05, 0) is 43.9 Å². The predicted octanol–water partition coefficient (Wildman–Crippen LogP) is 3.08. The minimum absolute atomic E-state index is 0.173. The maximum Gasteiger partial charge on any atom is 0.138 e. The molecule has 2 rings (SSSR count). The Morgan fingerprint density at radius 1 is 1.33 bits per heavy atom. The van der Waals surface area contributed by atoms with Crippen LogP contribution in [0.15, 0.2) is 18.2 Å². The van der Waals surface area contributed by atoms with E-state index in [9.17, 15) is 10.2 Å². The van der Waals surface area contributed by atoms with Gasteiger partial charge in [0, 0.05) is 0 Å². The van der Waals surface area contributed by atoms with Gasteiger partial charge in [-0.15, -0.1) is 0 Å². The predicted molar refractivity (Wildman–Crippen MR) is 71.0 cm³/mol. The van der Waals surface area contributed by atoms with Crippen molar-refractivity contribution in [2.24, 2.45) is 0 Å². The monoisotopic (exact) mass is 270 g/mol. The molecular formula is C14H19ClO3. The Labute approximate surface area is 112 Å². The quantitative estimate of drug-likeness (QED) is 0.887. The number of ether oxygens (including phenoxy) is 1. The lowest BCUT2D eigenvalue weighted by Crippen LogP contribution is -2.34.